The molecule has 20 heavy (non-hydrogen) atoms. The van der Waals surface area contributed by atoms with E-state index in [9.17, 15) is 8.42 Å². The highest BCUT2D eigenvalue weighted by molar-refractivity contribution is 7.89. The number of hydrogen-bond donors (Lipinski definition) is 0. The van der Waals surface area contributed by atoms with Crippen LogP contribution in [-0.2, 0) is 16.4 Å². The zero-order chi connectivity index (χ0) is 14.8. The van der Waals surface area contributed by atoms with Gasteiger partial charge in [0.15, 0.2) is 0 Å². The van der Waals surface area contributed by atoms with Crippen LogP contribution in [0.25, 0.3) is 0 Å². The number of alkyl halides is 1. The van der Waals surface area contributed by atoms with E-state index in [1.807, 2.05) is 26.0 Å². The van der Waals surface area contributed by atoms with Crippen molar-refractivity contribution >= 4 is 21.6 Å². The van der Waals surface area contributed by atoms with Crippen molar-refractivity contribution in [2.45, 2.75) is 56.5 Å². The average Bonchev–Trinajstić information content (AvgIpc) is 2.39. The van der Waals surface area contributed by atoms with Gasteiger partial charge in [0.25, 0.3) is 0 Å². The van der Waals surface area contributed by atoms with Gasteiger partial charge >= 0.3 is 0 Å². The lowest BCUT2D eigenvalue weighted by Crippen LogP contribution is -2.47. The van der Waals surface area contributed by atoms with Crippen LogP contribution in [0.2, 0.25) is 0 Å². The Morgan fingerprint density at radius 3 is 2.20 bits per heavy atom. The van der Waals surface area contributed by atoms with E-state index in [1.54, 1.807) is 16.4 Å². The van der Waals surface area contributed by atoms with E-state index >= 15 is 0 Å². The Morgan fingerprint density at radius 2 is 1.70 bits per heavy atom. The summed E-state index contributed by atoms with van der Waals surface area (Å²) in [5.74, 6) is 0.548. The molecule has 0 aromatic heterocycles. The van der Waals surface area contributed by atoms with E-state index in [2.05, 4.69) is 0 Å². The molecule has 2 rings (SSSR count). The lowest BCUT2D eigenvalue weighted by atomic mass is 10.0. The monoisotopic (exact) mass is 315 g/mol. The van der Waals surface area contributed by atoms with E-state index in [-0.39, 0.29) is 12.1 Å². The molecular formula is C15H22ClNO2S. The zero-order valence-corrected chi connectivity index (χ0v) is 13.6. The van der Waals surface area contributed by atoms with Gasteiger partial charge in [0.2, 0.25) is 10.0 Å². The molecule has 112 valence electrons. The van der Waals surface area contributed by atoms with Crippen LogP contribution in [-0.4, -0.2) is 30.7 Å². The summed E-state index contributed by atoms with van der Waals surface area (Å²) in [6.07, 6.45) is 3.74. The Kier molecular flexibility index (Phi) is 5.10. The fourth-order valence-electron chi connectivity index (χ4n) is 2.93. The van der Waals surface area contributed by atoms with E-state index in [0.29, 0.717) is 10.8 Å². The van der Waals surface area contributed by atoms with Crippen molar-refractivity contribution in [2.24, 2.45) is 0 Å². The molecule has 1 fully saturated rings. The van der Waals surface area contributed by atoms with Crippen LogP contribution in [0.4, 0.5) is 0 Å². The molecule has 1 aliphatic rings. The number of halogens is 1. The number of sulfonamides is 1. The number of hydrogen-bond acceptors (Lipinski definition) is 2. The highest BCUT2D eigenvalue weighted by Gasteiger charge is 2.35. The predicted molar refractivity (Wildman–Crippen MR) is 82.7 cm³/mol. The minimum absolute atomic E-state index is 0.0752. The van der Waals surface area contributed by atoms with Crippen LogP contribution in [0.15, 0.2) is 29.2 Å². The van der Waals surface area contributed by atoms with Crippen molar-refractivity contribution in [3.8, 4) is 0 Å². The first-order chi connectivity index (χ1) is 9.46. The molecule has 0 amide bonds. The first-order valence-electron chi connectivity index (χ1n) is 7.15. The van der Waals surface area contributed by atoms with Gasteiger partial charge in [0.05, 0.1) is 4.90 Å². The third-order valence-corrected chi connectivity index (χ3v) is 6.33. The van der Waals surface area contributed by atoms with Gasteiger partial charge in [-0.25, -0.2) is 8.42 Å². The van der Waals surface area contributed by atoms with E-state index in [4.69, 9.17) is 11.6 Å². The molecule has 1 saturated heterocycles. The first-order valence-corrected chi connectivity index (χ1v) is 9.12. The Bertz CT molecular complexity index is 531. The van der Waals surface area contributed by atoms with Gasteiger partial charge in [0.1, 0.15) is 0 Å². The molecule has 1 aromatic carbocycles. The molecule has 0 unspecified atom stereocenters. The molecular weight excluding hydrogens is 294 g/mol. The second kappa shape index (κ2) is 6.46. The van der Waals surface area contributed by atoms with Crippen LogP contribution in [0, 0.1) is 0 Å². The average molecular weight is 316 g/mol. The van der Waals surface area contributed by atoms with E-state index in [0.717, 1.165) is 31.2 Å². The van der Waals surface area contributed by atoms with Gasteiger partial charge in [-0.05, 0) is 50.8 Å². The number of rotatable bonds is 4. The maximum Gasteiger partial charge on any atom is 0.243 e. The minimum atomic E-state index is -3.39. The number of aryl methyl sites for hydroxylation is 1. The summed E-state index contributed by atoms with van der Waals surface area (Å²) in [6.45, 7) is 3.99. The van der Waals surface area contributed by atoms with Crippen LogP contribution >= 0.6 is 11.6 Å². The highest BCUT2D eigenvalue weighted by atomic mass is 35.5. The molecule has 5 heteroatoms. The van der Waals surface area contributed by atoms with Crippen molar-refractivity contribution in [1.29, 1.82) is 0 Å². The van der Waals surface area contributed by atoms with Crippen LogP contribution in [0.5, 0.6) is 0 Å². The molecule has 0 N–H and O–H groups in total. The Labute approximate surface area is 127 Å². The summed E-state index contributed by atoms with van der Waals surface area (Å²) in [5.41, 5.74) is 1.07. The van der Waals surface area contributed by atoms with Gasteiger partial charge in [-0.1, -0.05) is 18.6 Å². The molecule has 0 spiro atoms. The Hall–Kier alpha value is -0.580. The second-order valence-corrected chi connectivity index (χ2v) is 7.77. The number of piperidine rings is 1. The topological polar surface area (TPSA) is 37.4 Å². The Balaban J connectivity index is 2.29. The fourth-order valence-corrected chi connectivity index (χ4v) is 5.03. The molecule has 1 aromatic rings. The van der Waals surface area contributed by atoms with Gasteiger partial charge in [-0.2, -0.15) is 4.31 Å². The highest BCUT2D eigenvalue weighted by Crippen LogP contribution is 2.29. The molecule has 1 aliphatic heterocycles. The molecule has 0 bridgehead atoms. The van der Waals surface area contributed by atoms with Gasteiger partial charge in [-0.3, -0.25) is 0 Å². The number of benzene rings is 1. The van der Waals surface area contributed by atoms with Gasteiger partial charge in [-0.15, -0.1) is 11.6 Å². The third kappa shape index (κ3) is 3.18. The maximum absolute atomic E-state index is 12.8. The van der Waals surface area contributed by atoms with Crippen molar-refractivity contribution in [3.05, 3.63) is 29.8 Å². The third-order valence-electron chi connectivity index (χ3n) is 3.99. The summed E-state index contributed by atoms with van der Waals surface area (Å²) >= 11 is 5.70. The normalized spacial score (nSPS) is 24.8. The quantitative estimate of drug-likeness (QED) is 0.798. The standard InChI is InChI=1S/C15H22ClNO2S/c1-12-4-3-5-13(2)17(12)20(18,19)15-8-6-14(7-9-15)10-11-16/h6-9,12-13H,3-5,10-11H2,1-2H3/t12-,13+. The number of nitrogens with zero attached hydrogens (tertiary/aromatic N) is 1. The van der Waals surface area contributed by atoms with Crippen molar-refractivity contribution in [2.75, 3.05) is 5.88 Å². The van der Waals surface area contributed by atoms with Gasteiger partial charge < -0.3 is 0 Å². The van der Waals surface area contributed by atoms with Gasteiger partial charge in [0, 0.05) is 18.0 Å². The van der Waals surface area contributed by atoms with Crippen molar-refractivity contribution in [1.82, 2.24) is 4.31 Å². The minimum Gasteiger partial charge on any atom is -0.207 e. The summed E-state index contributed by atoms with van der Waals surface area (Å²) in [7, 11) is -3.39. The summed E-state index contributed by atoms with van der Waals surface area (Å²) in [5, 5.41) is 0. The van der Waals surface area contributed by atoms with Crippen LogP contribution < -0.4 is 0 Å². The maximum atomic E-state index is 12.8. The second-order valence-electron chi connectivity index (χ2n) is 5.55. The summed E-state index contributed by atoms with van der Waals surface area (Å²) in [6, 6.07) is 7.26. The van der Waals surface area contributed by atoms with E-state index in [1.165, 1.54) is 0 Å². The van der Waals surface area contributed by atoms with Crippen LogP contribution in [0.3, 0.4) is 0 Å². The lowest BCUT2D eigenvalue weighted by molar-refractivity contribution is 0.204. The zero-order valence-electron chi connectivity index (χ0n) is 12.0. The first kappa shape index (κ1) is 15.8. The molecule has 0 radical (unpaired) electrons. The summed E-state index contributed by atoms with van der Waals surface area (Å²) in [4.78, 5) is 0.386. The molecule has 0 aliphatic carbocycles. The smallest absolute Gasteiger partial charge is 0.207 e. The lowest BCUT2D eigenvalue weighted by Gasteiger charge is -2.37. The van der Waals surface area contributed by atoms with Crippen LogP contribution in [0.1, 0.15) is 38.7 Å². The largest absolute Gasteiger partial charge is 0.243 e. The Morgan fingerprint density at radius 1 is 1.15 bits per heavy atom. The van der Waals surface area contributed by atoms with Crippen molar-refractivity contribution < 1.29 is 8.42 Å². The summed E-state index contributed by atoms with van der Waals surface area (Å²) < 4.78 is 27.2. The molecule has 3 nitrogen and oxygen atoms in total. The van der Waals surface area contributed by atoms with Crippen molar-refractivity contribution in [3.63, 3.8) is 0 Å². The fraction of sp³-hybridized carbons (Fsp3) is 0.600. The SMILES string of the molecule is C[C@@H]1CCC[C@H](C)N1S(=O)(=O)c1ccc(CCCl)cc1. The molecule has 1 heterocycles. The van der Waals surface area contributed by atoms with E-state index < -0.39 is 10.0 Å². The molecule has 2 atom stereocenters. The predicted octanol–water partition coefficient (Wildman–Crippen LogP) is 3.42. The molecule has 0 saturated carbocycles.